The summed E-state index contributed by atoms with van der Waals surface area (Å²) in [6.07, 6.45) is 3.56. The van der Waals surface area contributed by atoms with E-state index in [0.717, 1.165) is 31.2 Å². The summed E-state index contributed by atoms with van der Waals surface area (Å²) in [5, 5.41) is 9.05. The topological polar surface area (TPSA) is 57.6 Å². The Kier molecular flexibility index (Phi) is 4.16. The fraction of sp³-hybridized carbons (Fsp3) is 0.571. The molecule has 0 amide bonds. The first-order chi connectivity index (χ1) is 8.93. The molecule has 1 fully saturated rings. The molecule has 0 saturated heterocycles. The smallest absolute Gasteiger partial charge is 0.217 e. The largest absolute Gasteiger partial charge is 0.508 e. The number of sulfonamides is 1. The Hall–Kier alpha value is -1.07. The number of rotatable bonds is 4. The van der Waals surface area contributed by atoms with Gasteiger partial charge in [0, 0.05) is 13.1 Å². The van der Waals surface area contributed by atoms with Gasteiger partial charge in [-0.25, -0.2) is 8.42 Å². The maximum absolute atomic E-state index is 12.5. The molecule has 5 heteroatoms. The molecule has 19 heavy (non-hydrogen) atoms. The van der Waals surface area contributed by atoms with Crippen molar-refractivity contribution < 1.29 is 13.5 Å². The number of phenols is 1. The van der Waals surface area contributed by atoms with Gasteiger partial charge in [0.2, 0.25) is 10.0 Å². The first kappa shape index (κ1) is 14.3. The quantitative estimate of drug-likeness (QED) is 0.924. The molecule has 2 rings (SSSR count). The van der Waals surface area contributed by atoms with Crippen LogP contribution in [0.5, 0.6) is 5.75 Å². The summed E-state index contributed by atoms with van der Waals surface area (Å²) in [7, 11) is -1.58. The maximum Gasteiger partial charge on any atom is 0.217 e. The predicted molar refractivity (Wildman–Crippen MR) is 75.5 cm³/mol. The van der Waals surface area contributed by atoms with E-state index in [2.05, 4.69) is 0 Å². The molecule has 0 aromatic heterocycles. The summed E-state index contributed by atoms with van der Waals surface area (Å²) in [4.78, 5) is 0. The lowest BCUT2D eigenvalue weighted by molar-refractivity contribution is 0.390. The molecular formula is C14H21NO3S. The third kappa shape index (κ3) is 2.92. The van der Waals surface area contributed by atoms with Crippen LogP contribution in [-0.2, 0) is 10.0 Å². The van der Waals surface area contributed by atoms with Crippen molar-refractivity contribution in [2.24, 2.45) is 0 Å². The minimum atomic E-state index is -3.23. The van der Waals surface area contributed by atoms with Gasteiger partial charge in [-0.05, 0) is 37.5 Å². The van der Waals surface area contributed by atoms with E-state index in [1.54, 1.807) is 31.3 Å². The van der Waals surface area contributed by atoms with Crippen LogP contribution in [0.3, 0.4) is 0 Å². The highest BCUT2D eigenvalue weighted by atomic mass is 32.2. The number of hydrogen-bond acceptors (Lipinski definition) is 3. The number of nitrogens with zero attached hydrogens (tertiary/aromatic N) is 1. The van der Waals surface area contributed by atoms with E-state index in [9.17, 15) is 13.5 Å². The minimum Gasteiger partial charge on any atom is -0.508 e. The van der Waals surface area contributed by atoms with E-state index in [4.69, 9.17) is 0 Å². The van der Waals surface area contributed by atoms with Gasteiger partial charge in [0.1, 0.15) is 5.75 Å². The summed E-state index contributed by atoms with van der Waals surface area (Å²) in [5.41, 5.74) is 0.891. The zero-order valence-corrected chi connectivity index (χ0v) is 12.2. The first-order valence-electron chi connectivity index (χ1n) is 6.68. The summed E-state index contributed by atoms with van der Waals surface area (Å²) < 4.78 is 26.4. The zero-order chi connectivity index (χ0) is 14.0. The highest BCUT2D eigenvalue weighted by Crippen LogP contribution is 2.31. The van der Waals surface area contributed by atoms with Crippen molar-refractivity contribution in [1.82, 2.24) is 4.31 Å². The fourth-order valence-corrected chi connectivity index (χ4v) is 4.57. The van der Waals surface area contributed by atoms with Gasteiger partial charge in [0.15, 0.2) is 0 Å². The fourth-order valence-electron chi connectivity index (χ4n) is 2.60. The Balaban J connectivity index is 2.18. The van der Waals surface area contributed by atoms with Crippen LogP contribution in [0.4, 0.5) is 0 Å². The lowest BCUT2D eigenvalue weighted by Crippen LogP contribution is -2.36. The van der Waals surface area contributed by atoms with Gasteiger partial charge in [0.05, 0.1) is 5.25 Å². The zero-order valence-electron chi connectivity index (χ0n) is 11.4. The SMILES string of the molecule is CC(c1ccc(O)cc1)N(C)S(=O)(=O)C1CCCC1. The van der Waals surface area contributed by atoms with Gasteiger partial charge in [-0.1, -0.05) is 25.0 Å². The highest BCUT2D eigenvalue weighted by molar-refractivity contribution is 7.89. The molecule has 1 aliphatic rings. The molecule has 1 aromatic rings. The number of benzene rings is 1. The first-order valence-corrected chi connectivity index (χ1v) is 8.19. The average molecular weight is 283 g/mol. The van der Waals surface area contributed by atoms with Crippen molar-refractivity contribution in [3.8, 4) is 5.75 Å². The lowest BCUT2D eigenvalue weighted by atomic mass is 10.1. The third-order valence-corrected chi connectivity index (χ3v) is 6.48. The normalized spacial score (nSPS) is 18.9. The van der Waals surface area contributed by atoms with Crippen LogP contribution in [-0.4, -0.2) is 30.1 Å². The second kappa shape index (κ2) is 5.51. The highest BCUT2D eigenvalue weighted by Gasteiger charge is 2.34. The lowest BCUT2D eigenvalue weighted by Gasteiger charge is -2.27. The van der Waals surface area contributed by atoms with Crippen molar-refractivity contribution in [2.75, 3.05) is 7.05 Å². The van der Waals surface area contributed by atoms with Gasteiger partial charge in [-0.3, -0.25) is 0 Å². The minimum absolute atomic E-state index is 0.192. The molecule has 0 spiro atoms. The van der Waals surface area contributed by atoms with Crippen molar-refractivity contribution in [3.63, 3.8) is 0 Å². The van der Waals surface area contributed by atoms with Gasteiger partial charge < -0.3 is 5.11 Å². The molecule has 1 atom stereocenters. The molecule has 1 aliphatic carbocycles. The predicted octanol–water partition coefficient (Wildman–Crippen LogP) is 2.66. The molecule has 0 bridgehead atoms. The molecule has 0 aliphatic heterocycles. The van der Waals surface area contributed by atoms with E-state index < -0.39 is 10.0 Å². The molecular weight excluding hydrogens is 262 g/mol. The van der Waals surface area contributed by atoms with Gasteiger partial charge >= 0.3 is 0 Å². The van der Waals surface area contributed by atoms with Crippen LogP contribution in [0, 0.1) is 0 Å². The van der Waals surface area contributed by atoms with E-state index in [-0.39, 0.29) is 17.0 Å². The Labute approximate surface area is 115 Å². The van der Waals surface area contributed by atoms with Crippen LogP contribution < -0.4 is 0 Å². The molecule has 1 saturated carbocycles. The van der Waals surface area contributed by atoms with Crippen molar-refractivity contribution in [2.45, 2.75) is 43.9 Å². The summed E-state index contributed by atoms with van der Waals surface area (Å²) in [5.74, 6) is 0.192. The van der Waals surface area contributed by atoms with E-state index in [0.29, 0.717) is 0 Å². The molecule has 4 nitrogen and oxygen atoms in total. The van der Waals surface area contributed by atoms with Crippen LogP contribution in [0.15, 0.2) is 24.3 Å². The monoisotopic (exact) mass is 283 g/mol. The van der Waals surface area contributed by atoms with Crippen molar-refractivity contribution >= 4 is 10.0 Å². The van der Waals surface area contributed by atoms with Crippen LogP contribution in [0.25, 0.3) is 0 Å². The number of aromatic hydroxyl groups is 1. The molecule has 106 valence electrons. The Morgan fingerprint density at radius 1 is 1.21 bits per heavy atom. The third-order valence-electron chi connectivity index (χ3n) is 4.05. The molecule has 1 N–H and O–H groups in total. The van der Waals surface area contributed by atoms with Crippen LogP contribution >= 0.6 is 0 Å². The van der Waals surface area contributed by atoms with Crippen molar-refractivity contribution in [3.05, 3.63) is 29.8 Å². The average Bonchev–Trinajstić information content (AvgIpc) is 2.92. The molecule has 1 aromatic carbocycles. The van der Waals surface area contributed by atoms with E-state index in [1.807, 2.05) is 6.92 Å². The van der Waals surface area contributed by atoms with Crippen molar-refractivity contribution in [1.29, 1.82) is 0 Å². The second-order valence-corrected chi connectivity index (χ2v) is 7.51. The Morgan fingerprint density at radius 3 is 2.26 bits per heavy atom. The number of phenolic OH excluding ortho intramolecular Hbond substituents is 1. The molecule has 1 unspecified atom stereocenters. The summed E-state index contributed by atoms with van der Waals surface area (Å²) in [6.45, 7) is 1.87. The molecule has 0 radical (unpaired) electrons. The Morgan fingerprint density at radius 2 is 1.74 bits per heavy atom. The summed E-state index contributed by atoms with van der Waals surface area (Å²) in [6, 6.07) is 6.48. The second-order valence-electron chi connectivity index (χ2n) is 5.24. The Bertz CT molecular complexity index is 518. The molecule has 0 heterocycles. The van der Waals surface area contributed by atoms with Gasteiger partial charge in [-0.2, -0.15) is 4.31 Å². The summed E-state index contributed by atoms with van der Waals surface area (Å²) >= 11 is 0. The van der Waals surface area contributed by atoms with Gasteiger partial charge in [-0.15, -0.1) is 0 Å². The van der Waals surface area contributed by atoms with E-state index in [1.165, 1.54) is 4.31 Å². The maximum atomic E-state index is 12.5. The number of hydrogen-bond donors (Lipinski definition) is 1. The van der Waals surface area contributed by atoms with Gasteiger partial charge in [0.25, 0.3) is 0 Å². The van der Waals surface area contributed by atoms with Crippen LogP contribution in [0.2, 0.25) is 0 Å². The standard InChI is InChI=1S/C14H21NO3S/c1-11(12-7-9-13(16)10-8-12)15(2)19(17,18)14-5-3-4-6-14/h7-11,14,16H,3-6H2,1-2H3. The van der Waals surface area contributed by atoms with E-state index >= 15 is 0 Å². The van der Waals surface area contributed by atoms with Crippen LogP contribution in [0.1, 0.15) is 44.2 Å².